The molecule has 0 rings (SSSR count). The molecule has 454 valence electrons. The summed E-state index contributed by atoms with van der Waals surface area (Å²) >= 11 is 0. The van der Waals surface area contributed by atoms with Crippen molar-refractivity contribution in [3.8, 4) is 0 Å². The standard InChI is InChI=1S/C28H66N6O6P2.C20H38O7S.4ClH.Na.H/c1-2-28(40-42(37,38)27-24-34(21-12-17-31)22-13-18-32)14-8-6-4-3-5-7-9-25-39-41(35,36)26-23-33(19-10-15-29)20-11-16-30;1-5-9-11-16(7-3)14-26-19(21)13-18(28(23,24)25)20(22)27-15-17(8-4)12-10-6-2;;;;;;/h28H,2-27,29-32H2,1H3,(H,35,36)(H,37,38);16-18H,5-15H2,1-4H3,(H,23,24,25);4*1H;;/q;;;;;;+1;-1. The maximum Gasteiger partial charge on any atom is 1.00 e. The SMILES string of the molecule is CCC(CCCCCCCCCOP(=O)(O)CCN(CCCN)CCCN)OP(=O)(O)CCN(CCCN)CCCN.CCCCC(CC)COC(=O)CC(C(=O)OCC(CC)CCCC)S(=O)(=O)O.Cl.Cl.Cl.Cl.[H-].[Na+]. The molecular weight excluding hydrogens is 1130 g/mol. The Morgan fingerprint density at radius 2 is 0.960 bits per heavy atom. The molecule has 0 saturated carbocycles. The molecule has 0 aromatic carbocycles. The minimum atomic E-state index is -4.76. The summed E-state index contributed by atoms with van der Waals surface area (Å²) in [4.78, 5) is 49.1. The molecule has 0 aromatic heterocycles. The van der Waals surface area contributed by atoms with Crippen molar-refractivity contribution < 1.29 is 91.0 Å². The van der Waals surface area contributed by atoms with Crippen molar-refractivity contribution in [1.82, 2.24) is 9.80 Å². The molecule has 6 atom stereocenters. The van der Waals surface area contributed by atoms with Crippen LogP contribution in [0.15, 0.2) is 0 Å². The van der Waals surface area contributed by atoms with Crippen LogP contribution < -0.4 is 52.5 Å². The number of carbonyl (C=O) groups is 2. The molecule has 0 saturated heterocycles. The van der Waals surface area contributed by atoms with E-state index in [2.05, 4.69) is 23.6 Å². The normalized spacial score (nSPS) is 14.4. The zero-order chi connectivity index (χ0) is 53.1. The van der Waals surface area contributed by atoms with Gasteiger partial charge in [0, 0.05) is 13.1 Å². The summed E-state index contributed by atoms with van der Waals surface area (Å²) in [6, 6.07) is 0. The Morgan fingerprint density at radius 3 is 1.35 bits per heavy atom. The second-order valence-electron chi connectivity index (χ2n) is 18.6. The van der Waals surface area contributed by atoms with Crippen LogP contribution in [0.1, 0.15) is 177 Å². The summed E-state index contributed by atoms with van der Waals surface area (Å²) < 4.78 is 78.9. The summed E-state index contributed by atoms with van der Waals surface area (Å²) in [6.07, 6.45) is 18.6. The molecule has 0 radical (unpaired) electrons. The van der Waals surface area contributed by atoms with E-state index in [0.29, 0.717) is 52.3 Å². The Kier molecular flexibility index (Phi) is 69.8. The van der Waals surface area contributed by atoms with Crippen LogP contribution in [-0.4, -0.2) is 153 Å². The Balaban J connectivity index is -0.000000200. The molecule has 0 aliphatic heterocycles. The van der Waals surface area contributed by atoms with Gasteiger partial charge in [0.05, 0.1) is 44.7 Å². The summed E-state index contributed by atoms with van der Waals surface area (Å²) in [5, 5.41) is -1.95. The number of carbonyl (C=O) groups excluding carboxylic acids is 2. The Morgan fingerprint density at radius 1 is 0.560 bits per heavy atom. The van der Waals surface area contributed by atoms with Crippen molar-refractivity contribution in [2.45, 2.75) is 187 Å². The topological polar surface area (TPSA) is 311 Å². The Labute approximate surface area is 503 Å². The molecule has 6 unspecified atom stereocenters. The molecule has 11 N–H and O–H groups in total. The number of esters is 2. The molecule has 0 fully saturated rings. The van der Waals surface area contributed by atoms with E-state index in [0.717, 1.165) is 155 Å². The monoisotopic (exact) mass is 1230 g/mol. The largest absolute Gasteiger partial charge is 1.00 e. The summed E-state index contributed by atoms with van der Waals surface area (Å²) in [6.45, 7) is 17.2. The number of hydrogen-bond acceptors (Lipinski definition) is 16. The van der Waals surface area contributed by atoms with Gasteiger partial charge in [-0.05, 0) is 122 Å². The Hall–Kier alpha value is 1.07. The third-order valence-corrected chi connectivity index (χ3v) is 16.2. The van der Waals surface area contributed by atoms with Crippen LogP contribution in [0.2, 0.25) is 0 Å². The van der Waals surface area contributed by atoms with E-state index in [1.165, 1.54) is 0 Å². The van der Waals surface area contributed by atoms with Gasteiger partial charge < -0.3 is 62.5 Å². The van der Waals surface area contributed by atoms with Gasteiger partial charge in [0.15, 0.2) is 5.25 Å². The quantitative estimate of drug-likeness (QED) is 0.0116. The molecule has 0 spiro atoms. The van der Waals surface area contributed by atoms with Crippen molar-refractivity contribution in [3.05, 3.63) is 0 Å². The molecule has 0 aliphatic rings. The average Bonchev–Trinajstić information content (AvgIpc) is 3.32. The summed E-state index contributed by atoms with van der Waals surface area (Å²) in [5.74, 6) is -1.61. The zero-order valence-electron chi connectivity index (χ0n) is 48.0. The maximum atomic E-state index is 12.7. The minimum Gasteiger partial charge on any atom is -1.00 e. The van der Waals surface area contributed by atoms with Crippen LogP contribution in [-0.2, 0) is 47.4 Å². The fraction of sp³-hybridized carbons (Fsp3) is 0.958. The van der Waals surface area contributed by atoms with E-state index in [4.69, 9.17) is 41.5 Å². The molecule has 0 heterocycles. The first-order chi connectivity index (χ1) is 33.3. The third-order valence-electron chi connectivity index (χ3n) is 12.3. The van der Waals surface area contributed by atoms with Gasteiger partial charge in [0.2, 0.25) is 0 Å². The van der Waals surface area contributed by atoms with Crippen LogP contribution in [0.4, 0.5) is 0 Å². The van der Waals surface area contributed by atoms with Crippen molar-refractivity contribution in [2.75, 3.05) is 97.6 Å². The number of halogens is 4. The number of unbranched alkanes of at least 4 members (excludes halogenated alkanes) is 8. The van der Waals surface area contributed by atoms with Gasteiger partial charge in [0.25, 0.3) is 10.1 Å². The maximum absolute atomic E-state index is 12.7. The second kappa shape index (κ2) is 58.3. The van der Waals surface area contributed by atoms with Crippen molar-refractivity contribution in [2.24, 2.45) is 34.8 Å². The summed E-state index contributed by atoms with van der Waals surface area (Å²) in [7, 11) is -12.0. The zero-order valence-corrected chi connectivity index (χ0v) is 54.9. The van der Waals surface area contributed by atoms with Gasteiger partial charge in [0.1, 0.15) is 0 Å². The molecular formula is C48H109Cl4N6NaO13P2S. The number of ether oxygens (including phenoxy) is 2. The van der Waals surface area contributed by atoms with Crippen LogP contribution in [0, 0.1) is 11.8 Å². The van der Waals surface area contributed by atoms with Crippen LogP contribution in [0.3, 0.4) is 0 Å². The van der Waals surface area contributed by atoms with E-state index in [1.807, 2.05) is 20.8 Å². The summed E-state index contributed by atoms with van der Waals surface area (Å²) in [5.41, 5.74) is 22.4. The predicted octanol–water partition coefficient (Wildman–Crippen LogP) is 6.24. The van der Waals surface area contributed by atoms with Gasteiger partial charge in [-0.25, -0.2) is 0 Å². The fourth-order valence-electron chi connectivity index (χ4n) is 7.53. The van der Waals surface area contributed by atoms with Crippen molar-refractivity contribution in [3.63, 3.8) is 0 Å². The average molecular weight is 1240 g/mol. The molecule has 0 aliphatic carbocycles. The van der Waals surface area contributed by atoms with Crippen LogP contribution in [0.25, 0.3) is 0 Å². The first kappa shape index (κ1) is 89.9. The molecule has 0 aromatic rings. The van der Waals surface area contributed by atoms with Crippen LogP contribution >= 0.6 is 64.8 Å². The third kappa shape index (κ3) is 54.1. The van der Waals surface area contributed by atoms with Gasteiger partial charge in [-0.2, -0.15) is 8.42 Å². The van der Waals surface area contributed by atoms with Crippen molar-refractivity contribution >= 4 is 86.9 Å². The minimum absolute atomic E-state index is 0. The van der Waals surface area contributed by atoms with E-state index in [-0.39, 0.29) is 124 Å². The van der Waals surface area contributed by atoms with Gasteiger partial charge in [-0.3, -0.25) is 23.3 Å². The Bertz CT molecular complexity index is 1500. The molecule has 75 heavy (non-hydrogen) atoms. The van der Waals surface area contributed by atoms with E-state index in [9.17, 15) is 41.5 Å². The van der Waals surface area contributed by atoms with Gasteiger partial charge in [-0.15, -0.1) is 49.6 Å². The van der Waals surface area contributed by atoms with Gasteiger partial charge >= 0.3 is 56.7 Å². The van der Waals surface area contributed by atoms with E-state index < -0.39 is 48.9 Å². The number of nitrogens with zero attached hydrogens (tertiary/aromatic N) is 2. The first-order valence-electron chi connectivity index (χ1n) is 26.8. The van der Waals surface area contributed by atoms with Gasteiger partial charge in [-0.1, -0.05) is 112 Å². The number of nitrogens with two attached hydrogens (primary N) is 4. The number of hydrogen-bond donors (Lipinski definition) is 7. The molecule has 19 nitrogen and oxygen atoms in total. The first-order valence-corrected chi connectivity index (χ1v) is 31.8. The fourth-order valence-corrected chi connectivity index (χ4v) is 10.6. The smallest absolute Gasteiger partial charge is 1.00 e. The van der Waals surface area contributed by atoms with Crippen LogP contribution in [0.5, 0.6) is 0 Å². The predicted molar refractivity (Wildman–Crippen MR) is 314 cm³/mol. The molecule has 0 bridgehead atoms. The van der Waals surface area contributed by atoms with Crippen molar-refractivity contribution in [1.29, 1.82) is 0 Å². The van der Waals surface area contributed by atoms with E-state index >= 15 is 0 Å². The molecule has 27 heteroatoms. The molecule has 0 amide bonds. The van der Waals surface area contributed by atoms with E-state index in [1.54, 1.807) is 0 Å². The second-order valence-corrected chi connectivity index (χ2v) is 24.1. The number of rotatable bonds is 48.